The third-order valence-corrected chi connectivity index (χ3v) is 6.68. The van der Waals surface area contributed by atoms with Crippen LogP contribution in [0.3, 0.4) is 0 Å². The average molecular weight is 589 g/mol. The molecular weight excluding hydrogens is 548 g/mol. The highest BCUT2D eigenvalue weighted by Gasteiger charge is 2.19. The van der Waals surface area contributed by atoms with Crippen molar-refractivity contribution < 1.29 is 33.4 Å². The third-order valence-electron chi connectivity index (χ3n) is 6.68. The first-order chi connectivity index (χ1) is 20.8. The molecule has 1 atom stereocenters. The largest absolute Gasteiger partial charge is 0.494 e. The van der Waals surface area contributed by atoms with E-state index in [9.17, 15) is 19.2 Å². The molecule has 43 heavy (non-hydrogen) atoms. The number of amides is 2. The molecule has 3 rings (SSSR count). The van der Waals surface area contributed by atoms with Crippen molar-refractivity contribution in [3.05, 3.63) is 89.5 Å². The number of esters is 1. The van der Waals surface area contributed by atoms with Crippen molar-refractivity contribution in [2.45, 2.75) is 58.4 Å². The molecule has 0 saturated heterocycles. The van der Waals surface area contributed by atoms with Crippen LogP contribution in [-0.4, -0.2) is 49.9 Å². The number of carbonyl (C=O) groups is 4. The zero-order chi connectivity index (χ0) is 31.0. The minimum Gasteiger partial charge on any atom is -0.494 e. The van der Waals surface area contributed by atoms with Crippen LogP contribution in [0.2, 0.25) is 0 Å². The summed E-state index contributed by atoms with van der Waals surface area (Å²) in [5.41, 5.74) is 2.06. The summed E-state index contributed by atoms with van der Waals surface area (Å²) < 4.78 is 16.0. The van der Waals surface area contributed by atoms with Gasteiger partial charge in [0, 0.05) is 18.4 Å². The van der Waals surface area contributed by atoms with Gasteiger partial charge in [-0.2, -0.15) is 0 Å². The number of ketones is 1. The van der Waals surface area contributed by atoms with Crippen LogP contribution in [0, 0.1) is 0 Å². The van der Waals surface area contributed by atoms with Gasteiger partial charge < -0.3 is 24.8 Å². The second-order valence-electron chi connectivity index (χ2n) is 10.2. The number of Topliss-reactive ketones (excluding diaryl/α,β-unsaturated/α-hetero) is 1. The molecule has 3 aromatic rings. The van der Waals surface area contributed by atoms with Gasteiger partial charge in [-0.25, -0.2) is 4.79 Å². The van der Waals surface area contributed by atoms with Crippen LogP contribution >= 0.6 is 0 Å². The lowest BCUT2D eigenvalue weighted by Gasteiger charge is -2.16. The van der Waals surface area contributed by atoms with E-state index in [1.165, 1.54) is 33.3 Å². The smallest absolute Gasteiger partial charge is 0.343 e. The Morgan fingerprint density at radius 1 is 0.767 bits per heavy atom. The molecule has 9 heteroatoms. The summed E-state index contributed by atoms with van der Waals surface area (Å²) in [4.78, 5) is 49.4. The number of hydrogen-bond donors (Lipinski definition) is 2. The van der Waals surface area contributed by atoms with E-state index in [1.807, 2.05) is 0 Å². The van der Waals surface area contributed by atoms with Crippen LogP contribution in [0.15, 0.2) is 72.8 Å². The van der Waals surface area contributed by atoms with Gasteiger partial charge in [0.2, 0.25) is 5.91 Å². The van der Waals surface area contributed by atoms with E-state index >= 15 is 0 Å². The van der Waals surface area contributed by atoms with Crippen LogP contribution in [0.25, 0.3) is 0 Å². The van der Waals surface area contributed by atoms with E-state index in [0.29, 0.717) is 34.9 Å². The molecule has 2 N–H and O–H groups in total. The predicted octanol–water partition coefficient (Wildman–Crippen LogP) is 5.77. The van der Waals surface area contributed by atoms with Crippen LogP contribution in [0.5, 0.6) is 11.5 Å². The lowest BCUT2D eigenvalue weighted by atomic mass is 10.0. The summed E-state index contributed by atoms with van der Waals surface area (Å²) >= 11 is 0. The van der Waals surface area contributed by atoms with Crippen molar-refractivity contribution in [1.82, 2.24) is 5.32 Å². The topological polar surface area (TPSA) is 120 Å². The second kappa shape index (κ2) is 17.5. The Labute approximate surface area is 252 Å². The van der Waals surface area contributed by atoms with Gasteiger partial charge in [0.25, 0.3) is 5.91 Å². The quantitative estimate of drug-likeness (QED) is 0.117. The molecule has 0 radical (unpaired) electrons. The van der Waals surface area contributed by atoms with Gasteiger partial charge in [-0.15, -0.1) is 0 Å². The first-order valence-electron chi connectivity index (χ1n) is 14.5. The van der Waals surface area contributed by atoms with E-state index in [1.54, 1.807) is 72.8 Å². The van der Waals surface area contributed by atoms with Crippen LogP contribution in [0.4, 0.5) is 5.69 Å². The van der Waals surface area contributed by atoms with Crippen molar-refractivity contribution in [3.8, 4) is 11.5 Å². The molecule has 0 aliphatic heterocycles. The van der Waals surface area contributed by atoms with Crippen molar-refractivity contribution in [3.63, 3.8) is 0 Å². The maximum absolute atomic E-state index is 12.8. The SMILES string of the molecule is CCCCCCCOc1ccc(C(=O)Oc2ccc(C[C@H](NC(=O)c3ccc(NC(=O)COC)cc3)C(C)=O)cc2)cc1. The van der Waals surface area contributed by atoms with Gasteiger partial charge in [-0.05, 0) is 86.0 Å². The van der Waals surface area contributed by atoms with E-state index in [4.69, 9.17) is 14.2 Å². The number of hydrogen-bond acceptors (Lipinski definition) is 7. The zero-order valence-electron chi connectivity index (χ0n) is 25.0. The monoisotopic (exact) mass is 588 g/mol. The van der Waals surface area contributed by atoms with Crippen molar-refractivity contribution in [1.29, 1.82) is 0 Å². The molecule has 0 aromatic heterocycles. The molecule has 0 bridgehead atoms. The van der Waals surface area contributed by atoms with Gasteiger partial charge in [-0.3, -0.25) is 14.4 Å². The number of ether oxygens (including phenoxy) is 3. The Hall–Kier alpha value is -4.50. The molecule has 0 unspecified atom stereocenters. The van der Waals surface area contributed by atoms with Crippen LogP contribution in [0.1, 0.15) is 72.2 Å². The summed E-state index contributed by atoms with van der Waals surface area (Å²) in [5, 5.41) is 5.42. The number of carbonyl (C=O) groups excluding carboxylic acids is 4. The van der Waals surface area contributed by atoms with Crippen molar-refractivity contribution >= 4 is 29.3 Å². The molecule has 0 fully saturated rings. The molecule has 0 spiro atoms. The maximum atomic E-state index is 12.8. The Morgan fingerprint density at radius 2 is 1.40 bits per heavy atom. The Kier molecular flexibility index (Phi) is 13.4. The fourth-order valence-electron chi connectivity index (χ4n) is 4.25. The fourth-order valence-corrected chi connectivity index (χ4v) is 4.25. The van der Waals surface area contributed by atoms with Crippen LogP contribution in [-0.2, 0) is 20.7 Å². The molecule has 0 aliphatic carbocycles. The van der Waals surface area contributed by atoms with Crippen molar-refractivity contribution in [2.75, 3.05) is 25.6 Å². The average Bonchev–Trinajstić information content (AvgIpc) is 3.00. The number of unbranched alkanes of at least 4 members (excludes halogenated alkanes) is 4. The Morgan fingerprint density at radius 3 is 2.02 bits per heavy atom. The van der Waals surface area contributed by atoms with Gasteiger partial charge >= 0.3 is 5.97 Å². The first-order valence-corrected chi connectivity index (χ1v) is 14.5. The molecule has 2 amide bonds. The van der Waals surface area contributed by atoms with Crippen molar-refractivity contribution in [2.24, 2.45) is 0 Å². The third kappa shape index (κ3) is 11.4. The highest BCUT2D eigenvalue weighted by molar-refractivity contribution is 5.98. The number of anilines is 1. The van der Waals surface area contributed by atoms with Gasteiger partial charge in [0.15, 0.2) is 5.78 Å². The summed E-state index contributed by atoms with van der Waals surface area (Å²) in [7, 11) is 1.43. The van der Waals surface area contributed by atoms with E-state index in [2.05, 4.69) is 17.6 Å². The second-order valence-corrected chi connectivity index (χ2v) is 10.2. The highest BCUT2D eigenvalue weighted by atomic mass is 16.5. The molecule has 0 aliphatic rings. The van der Waals surface area contributed by atoms with Gasteiger partial charge in [0.1, 0.15) is 18.1 Å². The number of rotatable bonds is 17. The van der Waals surface area contributed by atoms with Gasteiger partial charge in [0.05, 0.1) is 18.2 Å². The van der Waals surface area contributed by atoms with Crippen LogP contribution < -0.4 is 20.1 Å². The zero-order valence-corrected chi connectivity index (χ0v) is 25.0. The minimum atomic E-state index is -0.751. The number of methoxy groups -OCH3 is 1. The Bertz CT molecular complexity index is 1340. The standard InChI is InChI=1S/C34H40N2O7/c1-4-5-6-7-8-21-42-29-19-13-27(14-20-29)34(40)43-30-17-9-25(10-18-30)22-31(24(2)37)36-33(39)26-11-15-28(16-12-26)35-32(38)23-41-3/h9-20,31H,4-8,21-23H2,1-3H3,(H,35,38)(H,36,39)/t31-/m0/s1. The maximum Gasteiger partial charge on any atom is 0.343 e. The molecule has 228 valence electrons. The molecule has 3 aromatic carbocycles. The highest BCUT2D eigenvalue weighted by Crippen LogP contribution is 2.18. The Balaban J connectivity index is 1.49. The number of nitrogens with one attached hydrogen (secondary N) is 2. The molecular formula is C34H40N2O7. The lowest BCUT2D eigenvalue weighted by molar-refractivity contribution is -0.120. The summed E-state index contributed by atoms with van der Waals surface area (Å²) in [6.07, 6.45) is 6.09. The molecule has 0 saturated carbocycles. The number of benzene rings is 3. The fraction of sp³-hybridized carbons (Fsp3) is 0.353. The summed E-state index contributed by atoms with van der Waals surface area (Å²) in [5.74, 6) is -0.327. The predicted molar refractivity (Wildman–Crippen MR) is 165 cm³/mol. The van der Waals surface area contributed by atoms with E-state index in [-0.39, 0.29) is 24.7 Å². The summed E-state index contributed by atoms with van der Waals surface area (Å²) in [6, 6.07) is 19.3. The van der Waals surface area contributed by atoms with Gasteiger partial charge in [-0.1, -0.05) is 44.7 Å². The van der Waals surface area contributed by atoms with E-state index in [0.717, 1.165) is 18.4 Å². The first kappa shape index (κ1) is 33.0. The van der Waals surface area contributed by atoms with E-state index < -0.39 is 17.9 Å². The lowest BCUT2D eigenvalue weighted by Crippen LogP contribution is -2.41. The molecule has 9 nitrogen and oxygen atoms in total. The molecule has 0 heterocycles. The summed E-state index contributed by atoms with van der Waals surface area (Å²) in [6.45, 7) is 4.18. The normalized spacial score (nSPS) is 11.3. The minimum absolute atomic E-state index is 0.0744.